The highest BCUT2D eigenvalue weighted by Crippen LogP contribution is 2.35. The summed E-state index contributed by atoms with van der Waals surface area (Å²) in [6, 6.07) is -1.49. The predicted molar refractivity (Wildman–Crippen MR) is 132 cm³/mol. The van der Waals surface area contributed by atoms with Gasteiger partial charge in [-0.3, -0.25) is 14.4 Å². The first-order chi connectivity index (χ1) is 16.5. The van der Waals surface area contributed by atoms with Crippen LogP contribution in [-0.2, 0) is 14.4 Å². The Morgan fingerprint density at radius 2 is 1.60 bits per heavy atom. The lowest BCUT2D eigenvalue weighted by atomic mass is 9.82. The standard InChI is InChI=1S/C22H38N2O9S2/c23-21(32)13(7-17(28)29)24-22(33)12-6-14(25)18(30)19(31)20(12)35-10-16(27)15(26)9-34-8-11-4-2-1-3-5-11/h11-16,18-20,25-27,30-31H,1-10H2,(H2,23,32)(H,24,33)(H,28,29)/t12-,13-,14+,15-,16+,18-,19-,20-/m0/s1. The van der Waals surface area contributed by atoms with Gasteiger partial charge >= 0.3 is 5.97 Å². The zero-order valence-corrected chi connectivity index (χ0v) is 21.2. The Labute approximate surface area is 213 Å². The second kappa shape index (κ2) is 14.6. The molecule has 0 aromatic carbocycles. The van der Waals surface area contributed by atoms with Crippen LogP contribution < -0.4 is 11.1 Å². The molecular formula is C22H38N2O9S2. The summed E-state index contributed by atoms with van der Waals surface area (Å²) >= 11 is 2.54. The number of carbonyl (C=O) groups excluding carboxylic acids is 2. The van der Waals surface area contributed by atoms with Crippen molar-refractivity contribution in [3.63, 3.8) is 0 Å². The Balaban J connectivity index is 1.94. The molecule has 2 aliphatic carbocycles. The summed E-state index contributed by atoms with van der Waals surface area (Å²) in [5, 5.41) is 61.7. The van der Waals surface area contributed by atoms with Gasteiger partial charge < -0.3 is 41.7 Å². The highest BCUT2D eigenvalue weighted by atomic mass is 32.2. The van der Waals surface area contributed by atoms with E-state index in [1.807, 2.05) is 0 Å². The highest BCUT2D eigenvalue weighted by Gasteiger charge is 2.46. The van der Waals surface area contributed by atoms with Gasteiger partial charge in [-0.25, -0.2) is 0 Å². The molecule has 0 radical (unpaired) electrons. The molecule has 2 rings (SSSR count). The quantitative estimate of drug-likeness (QED) is 0.138. The number of carbonyl (C=O) groups is 3. The Morgan fingerprint density at radius 1 is 0.971 bits per heavy atom. The first-order valence-corrected chi connectivity index (χ1v) is 14.1. The molecule has 0 bridgehead atoms. The van der Waals surface area contributed by atoms with Crippen LogP contribution in [0.4, 0.5) is 0 Å². The maximum absolute atomic E-state index is 12.8. The summed E-state index contributed by atoms with van der Waals surface area (Å²) in [5.41, 5.74) is 5.17. The fourth-order valence-corrected chi connectivity index (χ4v) is 7.22. The number of aliphatic carboxylic acids is 1. The predicted octanol–water partition coefficient (Wildman–Crippen LogP) is -1.33. The molecule has 0 aromatic rings. The van der Waals surface area contributed by atoms with Gasteiger partial charge in [0.25, 0.3) is 0 Å². The van der Waals surface area contributed by atoms with Crippen molar-refractivity contribution in [3.05, 3.63) is 0 Å². The molecule has 2 saturated carbocycles. The van der Waals surface area contributed by atoms with Crippen molar-refractivity contribution in [2.45, 2.75) is 86.8 Å². The highest BCUT2D eigenvalue weighted by molar-refractivity contribution is 8.00. The Hall–Kier alpha value is -1.09. The van der Waals surface area contributed by atoms with Gasteiger partial charge in [0.1, 0.15) is 12.1 Å². The molecule has 0 unspecified atom stereocenters. The largest absolute Gasteiger partial charge is 0.481 e. The first-order valence-electron chi connectivity index (χ1n) is 11.9. The molecule has 9 N–H and O–H groups in total. The van der Waals surface area contributed by atoms with Crippen LogP contribution in [0, 0.1) is 11.8 Å². The van der Waals surface area contributed by atoms with Crippen molar-refractivity contribution >= 4 is 41.3 Å². The monoisotopic (exact) mass is 538 g/mol. The zero-order valence-electron chi connectivity index (χ0n) is 19.6. The van der Waals surface area contributed by atoms with Crippen LogP contribution in [-0.4, -0.2) is 107 Å². The van der Waals surface area contributed by atoms with Crippen molar-refractivity contribution in [1.82, 2.24) is 5.32 Å². The molecule has 0 spiro atoms. The summed E-state index contributed by atoms with van der Waals surface area (Å²) in [6.45, 7) is 0. The summed E-state index contributed by atoms with van der Waals surface area (Å²) in [6.07, 6.45) is -1.56. The number of hydrogen-bond donors (Lipinski definition) is 8. The fourth-order valence-electron chi connectivity index (χ4n) is 4.48. The first kappa shape index (κ1) is 30.1. The number of aliphatic hydroxyl groups is 5. The second-order valence-corrected chi connectivity index (χ2v) is 11.7. The number of nitrogens with one attached hydrogen (secondary N) is 1. The topological polar surface area (TPSA) is 211 Å². The van der Waals surface area contributed by atoms with E-state index in [-0.39, 0.29) is 12.2 Å². The van der Waals surface area contributed by atoms with Crippen LogP contribution in [0.2, 0.25) is 0 Å². The Kier molecular flexibility index (Phi) is 12.6. The number of hydrogen-bond acceptors (Lipinski definition) is 10. The van der Waals surface area contributed by atoms with Gasteiger partial charge in [-0.05, 0) is 30.9 Å². The number of carboxylic acids is 1. The molecule has 2 amide bonds. The number of rotatable bonds is 13. The molecule has 8 atom stereocenters. The normalized spacial score (nSPS) is 30.3. The van der Waals surface area contributed by atoms with Crippen molar-refractivity contribution < 1.29 is 45.0 Å². The minimum absolute atomic E-state index is 0.0478. The van der Waals surface area contributed by atoms with E-state index in [1.54, 1.807) is 11.8 Å². The van der Waals surface area contributed by atoms with Crippen molar-refractivity contribution in [3.8, 4) is 0 Å². The van der Waals surface area contributed by atoms with Gasteiger partial charge in [-0.2, -0.15) is 23.5 Å². The molecule has 0 heterocycles. The van der Waals surface area contributed by atoms with E-state index in [0.29, 0.717) is 11.7 Å². The van der Waals surface area contributed by atoms with E-state index in [2.05, 4.69) is 5.32 Å². The Morgan fingerprint density at radius 3 is 2.20 bits per heavy atom. The summed E-state index contributed by atoms with van der Waals surface area (Å²) in [4.78, 5) is 35.3. The molecule has 0 saturated heterocycles. The molecule has 2 aliphatic rings. The second-order valence-electron chi connectivity index (χ2n) is 9.43. The third-order valence-corrected chi connectivity index (χ3v) is 9.43. The number of carboxylic acid groups (broad SMARTS) is 1. The van der Waals surface area contributed by atoms with Crippen LogP contribution in [0.1, 0.15) is 44.9 Å². The van der Waals surface area contributed by atoms with Crippen LogP contribution in [0.15, 0.2) is 0 Å². The fraction of sp³-hybridized carbons (Fsp3) is 0.864. The number of amides is 2. The van der Waals surface area contributed by atoms with Gasteiger partial charge in [-0.1, -0.05) is 19.3 Å². The van der Waals surface area contributed by atoms with E-state index >= 15 is 0 Å². The van der Waals surface area contributed by atoms with Crippen molar-refractivity contribution in [2.24, 2.45) is 17.6 Å². The van der Waals surface area contributed by atoms with E-state index in [4.69, 9.17) is 10.8 Å². The van der Waals surface area contributed by atoms with E-state index < -0.39 is 71.9 Å². The summed E-state index contributed by atoms with van der Waals surface area (Å²) in [7, 11) is 0. The van der Waals surface area contributed by atoms with Crippen molar-refractivity contribution in [1.29, 1.82) is 0 Å². The lowest BCUT2D eigenvalue weighted by molar-refractivity contribution is -0.142. The number of nitrogens with two attached hydrogens (primary N) is 1. The van der Waals surface area contributed by atoms with Gasteiger partial charge in [0.15, 0.2) is 0 Å². The maximum Gasteiger partial charge on any atom is 0.305 e. The third kappa shape index (κ3) is 9.38. The molecule has 35 heavy (non-hydrogen) atoms. The van der Waals surface area contributed by atoms with Crippen LogP contribution in [0.5, 0.6) is 0 Å². The zero-order chi connectivity index (χ0) is 26.1. The van der Waals surface area contributed by atoms with Crippen LogP contribution in [0.25, 0.3) is 0 Å². The summed E-state index contributed by atoms with van der Waals surface area (Å²) < 4.78 is 0. The van der Waals surface area contributed by atoms with Crippen LogP contribution in [0.3, 0.4) is 0 Å². The molecule has 2 fully saturated rings. The number of thioether (sulfide) groups is 2. The van der Waals surface area contributed by atoms with Gasteiger partial charge in [0.2, 0.25) is 11.8 Å². The van der Waals surface area contributed by atoms with Gasteiger partial charge in [0, 0.05) is 16.8 Å². The van der Waals surface area contributed by atoms with Gasteiger partial charge in [-0.15, -0.1) is 0 Å². The van der Waals surface area contributed by atoms with Crippen LogP contribution >= 0.6 is 23.5 Å². The average molecular weight is 539 g/mol. The lowest BCUT2D eigenvalue weighted by Gasteiger charge is -2.40. The minimum Gasteiger partial charge on any atom is -0.481 e. The molecule has 0 aliphatic heterocycles. The van der Waals surface area contributed by atoms with Gasteiger partial charge in [0.05, 0.1) is 36.8 Å². The lowest BCUT2D eigenvalue weighted by Crippen LogP contribution is -2.58. The minimum atomic E-state index is -1.53. The molecule has 0 aromatic heterocycles. The molecule has 13 heteroatoms. The van der Waals surface area contributed by atoms with E-state index in [9.17, 15) is 39.9 Å². The maximum atomic E-state index is 12.8. The SMILES string of the molecule is NC(=O)[C@H](CC(=O)O)NC(=O)[C@H]1C[C@@H](O)[C@H](O)[C@H](O)[C@H]1SC[C@@H](O)[C@@H](O)CSCC1CCCCC1. The average Bonchev–Trinajstić information content (AvgIpc) is 2.81. The molecule has 202 valence electrons. The number of primary amides is 1. The number of aliphatic hydroxyl groups excluding tert-OH is 5. The summed E-state index contributed by atoms with van der Waals surface area (Å²) in [5.74, 6) is -2.47. The third-order valence-electron chi connectivity index (χ3n) is 6.62. The van der Waals surface area contributed by atoms with Crippen molar-refractivity contribution in [2.75, 3.05) is 17.3 Å². The molecule has 11 nitrogen and oxygen atoms in total. The molecular weight excluding hydrogens is 500 g/mol. The van der Waals surface area contributed by atoms with E-state index in [0.717, 1.165) is 17.5 Å². The smallest absolute Gasteiger partial charge is 0.305 e. The van der Waals surface area contributed by atoms with E-state index in [1.165, 1.54) is 32.1 Å². The Bertz CT molecular complexity index is 710.